The molecule has 2 aromatic rings. The number of aryl methyl sites for hydroxylation is 2. The van der Waals surface area contributed by atoms with Gasteiger partial charge >= 0.3 is 0 Å². The summed E-state index contributed by atoms with van der Waals surface area (Å²) in [5.41, 5.74) is 9.07. The van der Waals surface area contributed by atoms with Crippen LogP contribution in [0.1, 0.15) is 11.1 Å². The van der Waals surface area contributed by atoms with Crippen molar-refractivity contribution < 1.29 is 9.53 Å². The summed E-state index contributed by atoms with van der Waals surface area (Å²) in [6.45, 7) is 3.93. The molecule has 0 fully saturated rings. The molecule has 0 heterocycles. The first kappa shape index (κ1) is 13.9. The molecule has 0 aliphatic rings. The number of ether oxygens (including phenoxy) is 1. The average molecular weight is 270 g/mol. The second-order valence-electron chi connectivity index (χ2n) is 4.69. The largest absolute Gasteiger partial charge is 0.483 e. The molecule has 4 nitrogen and oxygen atoms in total. The zero-order valence-electron chi connectivity index (χ0n) is 11.6. The molecule has 4 heteroatoms. The molecule has 0 bridgehead atoms. The molecule has 2 aromatic carbocycles. The van der Waals surface area contributed by atoms with E-state index in [4.69, 9.17) is 10.5 Å². The Hall–Kier alpha value is -2.49. The molecule has 20 heavy (non-hydrogen) atoms. The minimum Gasteiger partial charge on any atom is -0.483 e. The van der Waals surface area contributed by atoms with Gasteiger partial charge < -0.3 is 15.8 Å². The van der Waals surface area contributed by atoms with E-state index in [9.17, 15) is 4.79 Å². The molecule has 0 saturated carbocycles. The second kappa shape index (κ2) is 6.10. The van der Waals surface area contributed by atoms with Crippen LogP contribution >= 0.6 is 0 Å². The molecule has 0 aromatic heterocycles. The molecule has 2 rings (SSSR count). The molecule has 0 aliphatic heterocycles. The Bertz CT molecular complexity index is 624. The van der Waals surface area contributed by atoms with Crippen molar-refractivity contribution in [3.63, 3.8) is 0 Å². The van der Waals surface area contributed by atoms with Gasteiger partial charge in [-0.15, -0.1) is 0 Å². The molecule has 104 valence electrons. The fourth-order valence-electron chi connectivity index (χ4n) is 1.90. The smallest absolute Gasteiger partial charge is 0.262 e. The van der Waals surface area contributed by atoms with Crippen molar-refractivity contribution in [1.29, 1.82) is 0 Å². The van der Waals surface area contributed by atoms with Crippen LogP contribution in [0.3, 0.4) is 0 Å². The van der Waals surface area contributed by atoms with Gasteiger partial charge in [-0.1, -0.05) is 29.8 Å². The molecule has 0 radical (unpaired) electrons. The van der Waals surface area contributed by atoms with Crippen LogP contribution in [-0.2, 0) is 4.79 Å². The first-order chi connectivity index (χ1) is 9.56. The van der Waals surface area contributed by atoms with E-state index >= 15 is 0 Å². The van der Waals surface area contributed by atoms with Gasteiger partial charge in [0, 0.05) is 0 Å². The minimum absolute atomic E-state index is 0.0434. The van der Waals surface area contributed by atoms with Crippen LogP contribution in [0.5, 0.6) is 5.75 Å². The van der Waals surface area contributed by atoms with Crippen molar-refractivity contribution >= 4 is 17.3 Å². The van der Waals surface area contributed by atoms with Crippen LogP contribution < -0.4 is 15.8 Å². The van der Waals surface area contributed by atoms with Crippen molar-refractivity contribution in [2.45, 2.75) is 13.8 Å². The molecule has 1 amide bonds. The van der Waals surface area contributed by atoms with Crippen LogP contribution in [-0.4, -0.2) is 12.5 Å². The standard InChI is InChI=1S/C16H18N2O2/c1-11-7-8-15(12(2)9-11)20-10-16(19)18-14-6-4-3-5-13(14)17/h3-9H,10,17H2,1-2H3,(H,18,19). The summed E-state index contributed by atoms with van der Waals surface area (Å²) in [4.78, 5) is 11.8. The Morgan fingerprint density at radius 3 is 2.65 bits per heavy atom. The summed E-state index contributed by atoms with van der Waals surface area (Å²) in [5, 5.41) is 2.72. The molecule has 0 spiro atoms. The van der Waals surface area contributed by atoms with Crippen molar-refractivity contribution in [2.24, 2.45) is 0 Å². The number of rotatable bonds is 4. The van der Waals surface area contributed by atoms with Crippen molar-refractivity contribution in [1.82, 2.24) is 0 Å². The van der Waals surface area contributed by atoms with Gasteiger partial charge in [-0.25, -0.2) is 0 Å². The minimum atomic E-state index is -0.233. The number of anilines is 2. The van der Waals surface area contributed by atoms with Gasteiger partial charge in [0.05, 0.1) is 11.4 Å². The van der Waals surface area contributed by atoms with Gasteiger partial charge in [0.2, 0.25) is 0 Å². The molecule has 0 unspecified atom stereocenters. The maximum atomic E-state index is 11.8. The van der Waals surface area contributed by atoms with E-state index < -0.39 is 0 Å². The summed E-state index contributed by atoms with van der Waals surface area (Å²) in [7, 11) is 0. The predicted octanol–water partition coefficient (Wildman–Crippen LogP) is 2.90. The Kier molecular flexibility index (Phi) is 4.25. The maximum absolute atomic E-state index is 11.8. The van der Waals surface area contributed by atoms with Crippen LogP contribution in [0.15, 0.2) is 42.5 Å². The van der Waals surface area contributed by atoms with Crippen LogP contribution in [0.4, 0.5) is 11.4 Å². The third-order valence-corrected chi connectivity index (χ3v) is 2.92. The van der Waals surface area contributed by atoms with E-state index in [1.165, 1.54) is 0 Å². The number of hydrogen-bond acceptors (Lipinski definition) is 3. The van der Waals surface area contributed by atoms with Crippen LogP contribution in [0.2, 0.25) is 0 Å². The Morgan fingerprint density at radius 2 is 1.95 bits per heavy atom. The quantitative estimate of drug-likeness (QED) is 0.840. The first-order valence-corrected chi connectivity index (χ1v) is 6.40. The van der Waals surface area contributed by atoms with E-state index in [-0.39, 0.29) is 12.5 Å². The van der Waals surface area contributed by atoms with Crippen LogP contribution in [0, 0.1) is 13.8 Å². The average Bonchev–Trinajstić information content (AvgIpc) is 2.40. The molecular weight excluding hydrogens is 252 g/mol. The highest BCUT2D eigenvalue weighted by Crippen LogP contribution is 2.19. The third kappa shape index (κ3) is 3.51. The highest BCUT2D eigenvalue weighted by Gasteiger charge is 2.07. The molecular formula is C16H18N2O2. The Morgan fingerprint density at radius 1 is 1.20 bits per heavy atom. The zero-order chi connectivity index (χ0) is 14.5. The van der Waals surface area contributed by atoms with Crippen LogP contribution in [0.25, 0.3) is 0 Å². The summed E-state index contributed by atoms with van der Waals surface area (Å²) < 4.78 is 5.51. The number of nitrogens with one attached hydrogen (secondary N) is 1. The number of amides is 1. The van der Waals surface area contributed by atoms with E-state index in [1.54, 1.807) is 12.1 Å². The van der Waals surface area contributed by atoms with E-state index in [1.807, 2.05) is 44.2 Å². The van der Waals surface area contributed by atoms with Crippen molar-refractivity contribution in [3.05, 3.63) is 53.6 Å². The number of para-hydroxylation sites is 2. The lowest BCUT2D eigenvalue weighted by atomic mass is 10.1. The summed E-state index contributed by atoms with van der Waals surface area (Å²) in [6, 6.07) is 13.0. The third-order valence-electron chi connectivity index (χ3n) is 2.92. The monoisotopic (exact) mass is 270 g/mol. The van der Waals surface area contributed by atoms with Gasteiger partial charge in [-0.05, 0) is 37.6 Å². The predicted molar refractivity (Wildman–Crippen MR) is 80.9 cm³/mol. The maximum Gasteiger partial charge on any atom is 0.262 e. The first-order valence-electron chi connectivity index (χ1n) is 6.40. The molecule has 0 aliphatic carbocycles. The van der Waals surface area contributed by atoms with Crippen molar-refractivity contribution in [3.8, 4) is 5.75 Å². The summed E-state index contributed by atoms with van der Waals surface area (Å²) in [5.74, 6) is 0.481. The number of carbonyl (C=O) groups is 1. The fourth-order valence-corrected chi connectivity index (χ4v) is 1.90. The number of carbonyl (C=O) groups excluding carboxylic acids is 1. The second-order valence-corrected chi connectivity index (χ2v) is 4.69. The van der Waals surface area contributed by atoms with E-state index in [0.29, 0.717) is 17.1 Å². The number of benzene rings is 2. The van der Waals surface area contributed by atoms with Gasteiger partial charge in [-0.3, -0.25) is 4.79 Å². The zero-order valence-corrected chi connectivity index (χ0v) is 11.6. The highest BCUT2D eigenvalue weighted by molar-refractivity contribution is 5.94. The normalized spacial score (nSPS) is 10.1. The fraction of sp³-hybridized carbons (Fsp3) is 0.188. The van der Waals surface area contributed by atoms with E-state index in [0.717, 1.165) is 11.1 Å². The molecule has 0 atom stereocenters. The number of nitrogens with two attached hydrogens (primary N) is 1. The SMILES string of the molecule is Cc1ccc(OCC(=O)Nc2ccccc2N)c(C)c1. The lowest BCUT2D eigenvalue weighted by Gasteiger charge is -2.11. The molecule has 0 saturated heterocycles. The number of nitrogen functional groups attached to an aromatic ring is 1. The number of hydrogen-bond donors (Lipinski definition) is 2. The van der Waals surface area contributed by atoms with Gasteiger partial charge in [-0.2, -0.15) is 0 Å². The highest BCUT2D eigenvalue weighted by atomic mass is 16.5. The van der Waals surface area contributed by atoms with Crippen molar-refractivity contribution in [2.75, 3.05) is 17.7 Å². The topological polar surface area (TPSA) is 64.3 Å². The Labute approximate surface area is 118 Å². The van der Waals surface area contributed by atoms with Gasteiger partial charge in [0.1, 0.15) is 5.75 Å². The van der Waals surface area contributed by atoms with Gasteiger partial charge in [0.25, 0.3) is 5.91 Å². The summed E-state index contributed by atoms with van der Waals surface area (Å²) >= 11 is 0. The molecule has 3 N–H and O–H groups in total. The summed E-state index contributed by atoms with van der Waals surface area (Å²) in [6.07, 6.45) is 0. The lowest BCUT2D eigenvalue weighted by molar-refractivity contribution is -0.118. The van der Waals surface area contributed by atoms with E-state index in [2.05, 4.69) is 5.32 Å². The lowest BCUT2D eigenvalue weighted by Crippen LogP contribution is -2.21. The van der Waals surface area contributed by atoms with Gasteiger partial charge in [0.15, 0.2) is 6.61 Å². The Balaban J connectivity index is 1.94.